The maximum absolute atomic E-state index is 11.4. The number of carbonyl (C=O) groups excluding carboxylic acids is 2. The van der Waals surface area contributed by atoms with Crippen molar-refractivity contribution in [1.82, 2.24) is 0 Å². The second-order valence-corrected chi connectivity index (χ2v) is 3.22. The first kappa shape index (κ1) is 14.9. The van der Waals surface area contributed by atoms with E-state index in [0.29, 0.717) is 13.0 Å². The van der Waals surface area contributed by atoms with Gasteiger partial charge in [0.1, 0.15) is 6.61 Å². The lowest BCUT2D eigenvalue weighted by atomic mass is 10.1. The lowest BCUT2D eigenvalue weighted by Gasteiger charge is -2.13. The maximum atomic E-state index is 11.4. The summed E-state index contributed by atoms with van der Waals surface area (Å²) in [5, 5.41) is 0. The number of esters is 2. The fourth-order valence-corrected chi connectivity index (χ4v) is 1.02. The zero-order chi connectivity index (χ0) is 12.4. The molecule has 0 aromatic rings. The van der Waals surface area contributed by atoms with Gasteiger partial charge in [-0.25, -0.2) is 0 Å². The van der Waals surface area contributed by atoms with Crippen molar-refractivity contribution in [3.63, 3.8) is 0 Å². The molecule has 0 aliphatic heterocycles. The van der Waals surface area contributed by atoms with Gasteiger partial charge in [-0.05, 0) is 6.42 Å². The summed E-state index contributed by atoms with van der Waals surface area (Å²) in [6.07, 6.45) is 0.377. The summed E-state index contributed by atoms with van der Waals surface area (Å²) in [5.74, 6) is -1.19. The van der Waals surface area contributed by atoms with Crippen LogP contribution >= 0.6 is 0 Å². The summed E-state index contributed by atoms with van der Waals surface area (Å²) in [7, 11) is 1.52. The van der Waals surface area contributed by atoms with Gasteiger partial charge in [-0.15, -0.1) is 0 Å². The van der Waals surface area contributed by atoms with Crippen LogP contribution in [0.2, 0.25) is 0 Å². The highest BCUT2D eigenvalue weighted by atomic mass is 16.6. The summed E-state index contributed by atoms with van der Waals surface area (Å²) in [5.41, 5.74) is 5.42. The largest absolute Gasteiger partial charge is 0.466 e. The molecule has 0 radical (unpaired) electrons. The van der Waals surface area contributed by atoms with Crippen molar-refractivity contribution in [1.29, 1.82) is 0 Å². The van der Waals surface area contributed by atoms with Crippen LogP contribution in [0.4, 0.5) is 0 Å². The number of ether oxygens (including phenoxy) is 3. The Kier molecular flexibility index (Phi) is 8.46. The van der Waals surface area contributed by atoms with Gasteiger partial charge in [0, 0.05) is 20.6 Å². The third-order valence-corrected chi connectivity index (χ3v) is 1.92. The number of rotatable bonds is 8. The molecule has 0 aliphatic carbocycles. The highest BCUT2D eigenvalue weighted by Gasteiger charge is 2.18. The second-order valence-electron chi connectivity index (χ2n) is 3.22. The molecule has 0 fully saturated rings. The van der Waals surface area contributed by atoms with Gasteiger partial charge in [-0.1, -0.05) is 0 Å². The van der Waals surface area contributed by atoms with Crippen molar-refractivity contribution < 1.29 is 23.8 Å². The van der Waals surface area contributed by atoms with E-state index in [0.717, 1.165) is 0 Å². The average Bonchev–Trinajstić information content (AvgIpc) is 2.24. The summed E-state index contributed by atoms with van der Waals surface area (Å²) < 4.78 is 14.4. The molecule has 0 aromatic carbocycles. The van der Waals surface area contributed by atoms with Crippen molar-refractivity contribution >= 4 is 11.9 Å². The summed E-state index contributed by atoms with van der Waals surface area (Å²) in [4.78, 5) is 21.9. The molecule has 1 unspecified atom stereocenters. The monoisotopic (exact) mass is 233 g/mol. The highest BCUT2D eigenvalue weighted by molar-refractivity contribution is 5.72. The van der Waals surface area contributed by atoms with Crippen LogP contribution in [0.1, 0.15) is 13.3 Å². The van der Waals surface area contributed by atoms with E-state index in [1.807, 2.05) is 0 Å². The van der Waals surface area contributed by atoms with E-state index in [1.54, 1.807) is 0 Å². The van der Waals surface area contributed by atoms with Gasteiger partial charge in [0.15, 0.2) is 0 Å². The van der Waals surface area contributed by atoms with Crippen molar-refractivity contribution in [3.05, 3.63) is 0 Å². The molecule has 16 heavy (non-hydrogen) atoms. The smallest absolute Gasteiger partial charge is 0.310 e. The summed E-state index contributed by atoms with van der Waals surface area (Å²) >= 11 is 0. The molecular formula is C10H19NO5. The van der Waals surface area contributed by atoms with Gasteiger partial charge >= 0.3 is 11.9 Å². The highest BCUT2D eigenvalue weighted by Crippen LogP contribution is 2.04. The van der Waals surface area contributed by atoms with E-state index in [2.05, 4.69) is 0 Å². The zero-order valence-corrected chi connectivity index (χ0v) is 9.73. The van der Waals surface area contributed by atoms with Crippen molar-refractivity contribution in [2.24, 2.45) is 11.7 Å². The molecular weight excluding hydrogens is 214 g/mol. The molecule has 0 bridgehead atoms. The van der Waals surface area contributed by atoms with Crippen LogP contribution in [0.25, 0.3) is 0 Å². The Hall–Kier alpha value is -1.14. The van der Waals surface area contributed by atoms with Crippen LogP contribution < -0.4 is 5.73 Å². The lowest BCUT2D eigenvalue weighted by Crippen LogP contribution is -2.28. The van der Waals surface area contributed by atoms with Crippen LogP contribution in [0.3, 0.4) is 0 Å². The van der Waals surface area contributed by atoms with Crippen LogP contribution in [-0.4, -0.2) is 45.4 Å². The molecule has 1 atom stereocenters. The van der Waals surface area contributed by atoms with E-state index in [4.69, 9.17) is 19.9 Å². The Morgan fingerprint density at radius 3 is 2.38 bits per heavy atom. The Morgan fingerprint density at radius 2 is 1.88 bits per heavy atom. The molecule has 6 nitrogen and oxygen atoms in total. The molecule has 94 valence electrons. The first-order chi connectivity index (χ1) is 7.61. The Labute approximate surface area is 95.0 Å². The second kappa shape index (κ2) is 9.11. The Morgan fingerprint density at radius 1 is 1.19 bits per heavy atom. The third kappa shape index (κ3) is 7.19. The number of hydrogen-bond acceptors (Lipinski definition) is 6. The fourth-order valence-electron chi connectivity index (χ4n) is 1.02. The molecule has 2 N–H and O–H groups in total. The van der Waals surface area contributed by atoms with Crippen LogP contribution in [-0.2, 0) is 23.8 Å². The van der Waals surface area contributed by atoms with Crippen molar-refractivity contribution in [2.75, 3.05) is 33.5 Å². The SMILES string of the molecule is COCCOC(=O)C(CN)CCOC(C)=O. The molecule has 0 aromatic heterocycles. The van der Waals surface area contributed by atoms with Crippen molar-refractivity contribution in [3.8, 4) is 0 Å². The quantitative estimate of drug-likeness (QED) is 0.457. The topological polar surface area (TPSA) is 87.8 Å². The molecule has 0 spiro atoms. The molecule has 6 heteroatoms. The molecule has 0 saturated heterocycles. The van der Waals surface area contributed by atoms with Crippen LogP contribution in [0.15, 0.2) is 0 Å². The Bertz CT molecular complexity index is 219. The molecule has 0 saturated carbocycles. The predicted octanol–water partition coefficient (Wildman–Crippen LogP) is -0.296. The predicted molar refractivity (Wildman–Crippen MR) is 56.6 cm³/mol. The molecule has 0 amide bonds. The van der Waals surface area contributed by atoms with E-state index < -0.39 is 5.92 Å². The van der Waals surface area contributed by atoms with E-state index in [9.17, 15) is 9.59 Å². The summed E-state index contributed by atoms with van der Waals surface area (Å²) in [6.45, 7) is 2.23. The van der Waals surface area contributed by atoms with E-state index in [1.165, 1.54) is 14.0 Å². The number of carbonyl (C=O) groups is 2. The van der Waals surface area contributed by atoms with Gasteiger partial charge in [-0.3, -0.25) is 9.59 Å². The first-order valence-corrected chi connectivity index (χ1v) is 5.10. The zero-order valence-electron chi connectivity index (χ0n) is 9.73. The minimum atomic E-state index is -0.434. The van der Waals surface area contributed by atoms with Crippen LogP contribution in [0.5, 0.6) is 0 Å². The van der Waals surface area contributed by atoms with Gasteiger partial charge in [0.05, 0.1) is 19.1 Å². The summed E-state index contributed by atoms with van der Waals surface area (Å²) in [6, 6.07) is 0. The minimum absolute atomic E-state index is 0.174. The number of nitrogens with two attached hydrogens (primary N) is 1. The normalized spacial score (nSPS) is 11.9. The Balaban J connectivity index is 3.78. The number of hydrogen-bond donors (Lipinski definition) is 1. The average molecular weight is 233 g/mol. The van der Waals surface area contributed by atoms with E-state index in [-0.39, 0.29) is 31.7 Å². The van der Waals surface area contributed by atoms with E-state index >= 15 is 0 Å². The molecule has 0 rings (SSSR count). The minimum Gasteiger partial charge on any atom is -0.466 e. The first-order valence-electron chi connectivity index (χ1n) is 5.10. The standard InChI is InChI=1S/C10H19NO5/c1-8(12)15-4-3-9(7-11)10(13)16-6-5-14-2/h9H,3-7,11H2,1-2H3. The van der Waals surface area contributed by atoms with Gasteiger partial charge < -0.3 is 19.9 Å². The van der Waals surface area contributed by atoms with Crippen LogP contribution in [0, 0.1) is 5.92 Å². The maximum Gasteiger partial charge on any atom is 0.310 e. The third-order valence-electron chi connectivity index (χ3n) is 1.92. The molecule has 0 heterocycles. The van der Waals surface area contributed by atoms with Gasteiger partial charge in [0.2, 0.25) is 0 Å². The van der Waals surface area contributed by atoms with Crippen molar-refractivity contribution in [2.45, 2.75) is 13.3 Å². The number of methoxy groups -OCH3 is 1. The fraction of sp³-hybridized carbons (Fsp3) is 0.800. The van der Waals surface area contributed by atoms with Gasteiger partial charge in [-0.2, -0.15) is 0 Å². The van der Waals surface area contributed by atoms with Gasteiger partial charge in [0.25, 0.3) is 0 Å². The lowest BCUT2D eigenvalue weighted by molar-refractivity contribution is -0.151. The molecule has 0 aliphatic rings.